The molecule has 0 fully saturated rings. The third-order valence-electron chi connectivity index (χ3n) is 7.13. The monoisotopic (exact) mass is 598 g/mol. The molecule has 10 heteroatoms. The first-order valence-electron chi connectivity index (χ1n) is 14.7. The number of halogens is 1. The highest BCUT2D eigenvalue weighted by Gasteiger charge is 2.27. The molecule has 0 aliphatic carbocycles. The number of hydrogen-bond donors (Lipinski definition) is 3. The van der Waals surface area contributed by atoms with Gasteiger partial charge in [0.25, 0.3) is 5.91 Å². The van der Waals surface area contributed by atoms with E-state index in [0.717, 1.165) is 31.2 Å². The maximum atomic E-state index is 13.4. The fraction of sp³-hybridized carbons (Fsp3) is 0.500. The van der Waals surface area contributed by atoms with Gasteiger partial charge in [-0.05, 0) is 61.4 Å². The molecule has 9 nitrogen and oxygen atoms in total. The van der Waals surface area contributed by atoms with Gasteiger partial charge in [-0.25, -0.2) is 0 Å². The van der Waals surface area contributed by atoms with E-state index in [9.17, 15) is 19.2 Å². The minimum absolute atomic E-state index is 0.0421. The summed E-state index contributed by atoms with van der Waals surface area (Å²) in [4.78, 5) is 54.6. The Morgan fingerprint density at radius 1 is 1.05 bits per heavy atom. The molecule has 4 amide bonds. The summed E-state index contributed by atoms with van der Waals surface area (Å²) in [5, 5.41) is 9.08. The van der Waals surface area contributed by atoms with Gasteiger partial charge < -0.3 is 25.6 Å². The van der Waals surface area contributed by atoms with E-state index in [4.69, 9.17) is 16.3 Å². The molecule has 1 aliphatic rings. The zero-order valence-electron chi connectivity index (χ0n) is 24.8. The molecule has 0 spiro atoms. The number of ether oxygens (including phenoxy) is 1. The smallest absolute Gasteiger partial charge is 0.255 e. The minimum atomic E-state index is -1.00. The second-order valence-electron chi connectivity index (χ2n) is 11.2. The average Bonchev–Trinajstić information content (AvgIpc) is 2.96. The molecule has 2 atom stereocenters. The molecule has 2 aromatic carbocycles. The Balaban J connectivity index is 1.81. The normalized spacial score (nSPS) is 19.8. The number of carbonyl (C=O) groups is 4. The van der Waals surface area contributed by atoms with Gasteiger partial charge in [0.05, 0.1) is 12.2 Å². The number of nitrogens with zero attached hydrogens (tertiary/aromatic N) is 1. The molecule has 3 rings (SSSR count). The first-order valence-corrected chi connectivity index (χ1v) is 15.1. The highest BCUT2D eigenvalue weighted by molar-refractivity contribution is 6.30. The number of para-hydroxylation sites is 1. The molecule has 1 heterocycles. The number of fused-ring (bicyclic) bond motifs is 1. The summed E-state index contributed by atoms with van der Waals surface area (Å²) in [6.07, 6.45) is 3.97. The molecule has 1 aliphatic heterocycles. The lowest BCUT2D eigenvalue weighted by molar-refractivity contribution is -0.136. The number of nitrogens with one attached hydrogen (secondary N) is 3. The summed E-state index contributed by atoms with van der Waals surface area (Å²) in [6.45, 7) is 5.25. The SMILES string of the molecule is CC(C)C[C@@H]1NC(=O)CC[C@@H](C(=O)NCc2cccc(Cl)c2)NC(=O)c2ccccc2OCCCCCCN(C)C1=O. The average molecular weight is 599 g/mol. The fourth-order valence-corrected chi connectivity index (χ4v) is 5.05. The van der Waals surface area contributed by atoms with Crippen LogP contribution >= 0.6 is 11.6 Å². The van der Waals surface area contributed by atoms with Crippen LogP contribution in [-0.2, 0) is 20.9 Å². The molecule has 228 valence electrons. The Morgan fingerprint density at radius 2 is 1.81 bits per heavy atom. The van der Waals surface area contributed by atoms with E-state index in [1.807, 2.05) is 19.9 Å². The zero-order valence-corrected chi connectivity index (χ0v) is 25.5. The molecular weight excluding hydrogens is 556 g/mol. The standard InChI is InChI=1S/C32H43ClN4O5/c1-22(2)19-27-32(41)37(3)17-8-4-5-9-18-42-28-14-7-6-13-25(28)30(39)36-26(15-16-29(38)35-27)31(40)34-21-23-11-10-12-24(33)20-23/h6-7,10-14,20,22,26-27H,4-5,8-9,15-19,21H2,1-3H3,(H,34,40)(H,35,38)(H,36,39)/t26-,27-/m0/s1. The number of amides is 4. The predicted octanol–water partition coefficient (Wildman–Crippen LogP) is 4.48. The Labute approximate surface area is 253 Å². The van der Waals surface area contributed by atoms with Crippen molar-refractivity contribution in [3.05, 3.63) is 64.7 Å². The molecule has 0 saturated carbocycles. The number of hydrogen-bond acceptors (Lipinski definition) is 5. The van der Waals surface area contributed by atoms with Crippen LogP contribution in [-0.4, -0.2) is 60.8 Å². The maximum Gasteiger partial charge on any atom is 0.255 e. The van der Waals surface area contributed by atoms with Crippen molar-refractivity contribution in [1.29, 1.82) is 0 Å². The van der Waals surface area contributed by atoms with Gasteiger partial charge in [0.2, 0.25) is 17.7 Å². The fourth-order valence-electron chi connectivity index (χ4n) is 4.84. The Kier molecular flexibility index (Phi) is 13.1. The van der Waals surface area contributed by atoms with Crippen molar-refractivity contribution >= 4 is 35.2 Å². The van der Waals surface area contributed by atoms with Crippen molar-refractivity contribution < 1.29 is 23.9 Å². The number of rotatable bonds is 5. The molecule has 0 aromatic heterocycles. The minimum Gasteiger partial charge on any atom is -0.493 e. The quantitative estimate of drug-likeness (QED) is 0.469. The van der Waals surface area contributed by atoms with E-state index < -0.39 is 23.9 Å². The molecule has 0 bridgehead atoms. The third kappa shape index (κ3) is 10.7. The zero-order chi connectivity index (χ0) is 30.5. The first kappa shape index (κ1) is 32.9. The van der Waals surface area contributed by atoms with Crippen molar-refractivity contribution in [3.63, 3.8) is 0 Å². The van der Waals surface area contributed by atoms with Gasteiger partial charge >= 0.3 is 0 Å². The second kappa shape index (κ2) is 16.8. The summed E-state index contributed by atoms with van der Waals surface area (Å²) in [6, 6.07) is 12.4. The molecule has 2 aromatic rings. The number of benzene rings is 2. The van der Waals surface area contributed by atoms with Crippen LogP contribution in [0.4, 0.5) is 0 Å². The highest BCUT2D eigenvalue weighted by atomic mass is 35.5. The van der Waals surface area contributed by atoms with E-state index in [1.54, 1.807) is 54.4 Å². The Morgan fingerprint density at radius 3 is 2.57 bits per heavy atom. The lowest BCUT2D eigenvalue weighted by atomic mass is 10.0. The molecule has 0 unspecified atom stereocenters. The van der Waals surface area contributed by atoms with Gasteiger partial charge in [-0.2, -0.15) is 0 Å². The Bertz CT molecular complexity index is 1220. The number of carbonyl (C=O) groups excluding carboxylic acids is 4. The summed E-state index contributed by atoms with van der Waals surface area (Å²) in [5.41, 5.74) is 1.12. The summed E-state index contributed by atoms with van der Waals surface area (Å²) < 4.78 is 5.94. The van der Waals surface area contributed by atoms with Gasteiger partial charge in [0.1, 0.15) is 17.8 Å². The topological polar surface area (TPSA) is 117 Å². The highest BCUT2D eigenvalue weighted by Crippen LogP contribution is 2.19. The van der Waals surface area contributed by atoms with Crippen LogP contribution in [0, 0.1) is 5.92 Å². The van der Waals surface area contributed by atoms with Gasteiger partial charge in [0.15, 0.2) is 0 Å². The van der Waals surface area contributed by atoms with Crippen LogP contribution in [0.3, 0.4) is 0 Å². The van der Waals surface area contributed by atoms with E-state index >= 15 is 0 Å². The van der Waals surface area contributed by atoms with Crippen molar-refractivity contribution in [2.75, 3.05) is 20.2 Å². The van der Waals surface area contributed by atoms with Gasteiger partial charge in [-0.3, -0.25) is 19.2 Å². The lowest BCUT2D eigenvalue weighted by Crippen LogP contribution is -2.49. The van der Waals surface area contributed by atoms with Gasteiger partial charge in [-0.15, -0.1) is 0 Å². The number of likely N-dealkylation sites (N-methyl/N-ethyl adjacent to an activating group) is 1. The molecule has 3 N–H and O–H groups in total. The van der Waals surface area contributed by atoms with Crippen molar-refractivity contribution in [2.24, 2.45) is 5.92 Å². The van der Waals surface area contributed by atoms with E-state index in [1.165, 1.54) is 0 Å². The van der Waals surface area contributed by atoms with Crippen LogP contribution < -0.4 is 20.7 Å². The van der Waals surface area contributed by atoms with Crippen LogP contribution in [0.15, 0.2) is 48.5 Å². The molecule has 42 heavy (non-hydrogen) atoms. The van der Waals surface area contributed by atoms with Crippen LogP contribution in [0.2, 0.25) is 5.02 Å². The van der Waals surface area contributed by atoms with E-state index in [-0.39, 0.29) is 37.1 Å². The predicted molar refractivity (Wildman–Crippen MR) is 163 cm³/mol. The maximum absolute atomic E-state index is 13.4. The van der Waals surface area contributed by atoms with Crippen LogP contribution in [0.5, 0.6) is 5.75 Å². The Hall–Kier alpha value is -3.59. The van der Waals surface area contributed by atoms with Crippen molar-refractivity contribution in [1.82, 2.24) is 20.9 Å². The van der Waals surface area contributed by atoms with Crippen LogP contribution in [0.25, 0.3) is 0 Å². The molecule has 0 radical (unpaired) electrons. The third-order valence-corrected chi connectivity index (χ3v) is 7.37. The molecule has 0 saturated heterocycles. The van der Waals surface area contributed by atoms with E-state index in [2.05, 4.69) is 16.0 Å². The van der Waals surface area contributed by atoms with Crippen molar-refractivity contribution in [3.8, 4) is 5.75 Å². The van der Waals surface area contributed by atoms with Gasteiger partial charge in [-0.1, -0.05) is 62.6 Å². The lowest BCUT2D eigenvalue weighted by Gasteiger charge is -2.26. The molecular formula is C32H43ClN4O5. The van der Waals surface area contributed by atoms with E-state index in [0.29, 0.717) is 35.9 Å². The van der Waals surface area contributed by atoms with Gasteiger partial charge in [0, 0.05) is 31.6 Å². The van der Waals surface area contributed by atoms with Crippen LogP contribution in [0.1, 0.15) is 74.7 Å². The summed E-state index contributed by atoms with van der Waals surface area (Å²) >= 11 is 6.08. The summed E-state index contributed by atoms with van der Waals surface area (Å²) in [7, 11) is 1.76. The summed E-state index contributed by atoms with van der Waals surface area (Å²) in [5.74, 6) is -0.760. The first-order chi connectivity index (χ1) is 20.1. The van der Waals surface area contributed by atoms with Crippen molar-refractivity contribution in [2.45, 2.75) is 77.4 Å². The largest absolute Gasteiger partial charge is 0.493 e. The second-order valence-corrected chi connectivity index (χ2v) is 11.6.